The van der Waals surface area contributed by atoms with E-state index in [1.54, 1.807) is 24.3 Å². The van der Waals surface area contributed by atoms with E-state index in [0.717, 1.165) is 22.1 Å². The van der Waals surface area contributed by atoms with Crippen LogP contribution in [-0.2, 0) is 4.84 Å². The SMILES string of the molecule is O=C(O/N=C1\COc2ccc3ccccc3c21)c1ccccc1. The van der Waals surface area contributed by atoms with Crippen molar-refractivity contribution in [3.05, 3.63) is 77.9 Å². The smallest absolute Gasteiger partial charge is 0.365 e. The van der Waals surface area contributed by atoms with Crippen LogP contribution in [0.15, 0.2) is 71.9 Å². The second-order valence-electron chi connectivity index (χ2n) is 5.23. The zero-order valence-corrected chi connectivity index (χ0v) is 12.2. The van der Waals surface area contributed by atoms with Crippen LogP contribution in [0.25, 0.3) is 10.8 Å². The normalized spacial score (nSPS) is 14.5. The Morgan fingerprint density at radius 1 is 0.957 bits per heavy atom. The molecule has 0 N–H and O–H groups in total. The first-order valence-corrected chi connectivity index (χ1v) is 7.31. The van der Waals surface area contributed by atoms with E-state index in [4.69, 9.17) is 9.57 Å². The van der Waals surface area contributed by atoms with Gasteiger partial charge in [-0.2, -0.15) is 0 Å². The molecule has 0 bridgehead atoms. The second-order valence-corrected chi connectivity index (χ2v) is 5.23. The van der Waals surface area contributed by atoms with E-state index in [9.17, 15) is 4.79 Å². The third kappa shape index (κ3) is 2.44. The molecule has 0 amide bonds. The van der Waals surface area contributed by atoms with Gasteiger partial charge in [-0.3, -0.25) is 0 Å². The number of carbonyl (C=O) groups is 1. The van der Waals surface area contributed by atoms with Gasteiger partial charge in [-0.15, -0.1) is 0 Å². The fourth-order valence-electron chi connectivity index (χ4n) is 2.68. The molecule has 3 aromatic rings. The van der Waals surface area contributed by atoms with E-state index in [2.05, 4.69) is 5.16 Å². The number of oxime groups is 1. The first-order chi connectivity index (χ1) is 11.3. The number of rotatable bonds is 2. The molecule has 4 heteroatoms. The molecule has 3 aromatic carbocycles. The Hall–Kier alpha value is -3.14. The van der Waals surface area contributed by atoms with Crippen molar-refractivity contribution in [1.29, 1.82) is 0 Å². The summed E-state index contributed by atoms with van der Waals surface area (Å²) in [7, 11) is 0. The second kappa shape index (κ2) is 5.57. The number of nitrogens with zero attached hydrogens (tertiary/aromatic N) is 1. The van der Waals surface area contributed by atoms with Crippen molar-refractivity contribution in [3.8, 4) is 5.75 Å². The molecule has 1 aliphatic heterocycles. The van der Waals surface area contributed by atoms with E-state index in [1.807, 2.05) is 42.5 Å². The summed E-state index contributed by atoms with van der Waals surface area (Å²) in [6.45, 7) is 0.297. The minimum absolute atomic E-state index is 0.297. The van der Waals surface area contributed by atoms with Crippen LogP contribution in [0.3, 0.4) is 0 Å². The van der Waals surface area contributed by atoms with Gasteiger partial charge < -0.3 is 9.57 Å². The summed E-state index contributed by atoms with van der Waals surface area (Å²) in [5, 5.41) is 6.17. The molecule has 4 rings (SSSR count). The van der Waals surface area contributed by atoms with Crippen LogP contribution in [0.2, 0.25) is 0 Å². The fraction of sp³-hybridized carbons (Fsp3) is 0.0526. The molecule has 112 valence electrons. The molecule has 0 unspecified atom stereocenters. The minimum atomic E-state index is -0.480. The van der Waals surface area contributed by atoms with Crippen LogP contribution < -0.4 is 4.74 Å². The van der Waals surface area contributed by atoms with Crippen LogP contribution in [0.1, 0.15) is 15.9 Å². The Morgan fingerprint density at radius 2 is 1.74 bits per heavy atom. The molecule has 1 heterocycles. The van der Waals surface area contributed by atoms with Crippen molar-refractivity contribution >= 4 is 22.5 Å². The highest BCUT2D eigenvalue weighted by molar-refractivity contribution is 6.15. The Morgan fingerprint density at radius 3 is 2.61 bits per heavy atom. The van der Waals surface area contributed by atoms with Crippen molar-refractivity contribution in [3.63, 3.8) is 0 Å². The van der Waals surface area contributed by atoms with Crippen molar-refractivity contribution in [1.82, 2.24) is 0 Å². The van der Waals surface area contributed by atoms with Crippen molar-refractivity contribution in [2.24, 2.45) is 5.16 Å². The molecule has 0 atom stereocenters. The molecule has 0 radical (unpaired) electrons. The van der Waals surface area contributed by atoms with Gasteiger partial charge in [-0.05, 0) is 29.0 Å². The number of hydrogen-bond acceptors (Lipinski definition) is 4. The summed E-state index contributed by atoms with van der Waals surface area (Å²) in [6, 6.07) is 20.7. The standard InChI is InChI=1S/C19H13NO3/c21-19(14-7-2-1-3-8-14)23-20-16-12-22-17-11-10-13-6-4-5-9-15(13)18(16)17/h1-11H,12H2/b20-16+. The minimum Gasteiger partial charge on any atom is -0.486 e. The highest BCUT2D eigenvalue weighted by Crippen LogP contribution is 2.32. The molecule has 0 spiro atoms. The lowest BCUT2D eigenvalue weighted by atomic mass is 10.0. The number of fused-ring (bicyclic) bond motifs is 3. The largest absolute Gasteiger partial charge is 0.486 e. The highest BCUT2D eigenvalue weighted by atomic mass is 16.7. The molecular weight excluding hydrogens is 290 g/mol. The average molecular weight is 303 g/mol. The predicted octanol–water partition coefficient (Wildman–Crippen LogP) is 3.79. The van der Waals surface area contributed by atoms with Gasteiger partial charge in [0, 0.05) is 0 Å². The zero-order valence-electron chi connectivity index (χ0n) is 12.2. The third-order valence-corrected chi connectivity index (χ3v) is 3.79. The molecule has 0 saturated carbocycles. The predicted molar refractivity (Wildman–Crippen MR) is 87.8 cm³/mol. The van der Waals surface area contributed by atoms with Gasteiger partial charge in [0.15, 0.2) is 0 Å². The number of carbonyl (C=O) groups excluding carboxylic acids is 1. The van der Waals surface area contributed by atoms with Gasteiger partial charge in [0.05, 0.1) is 11.1 Å². The summed E-state index contributed by atoms with van der Waals surface area (Å²) in [4.78, 5) is 17.1. The number of ether oxygens (including phenoxy) is 1. The maximum atomic E-state index is 12.0. The summed E-state index contributed by atoms with van der Waals surface area (Å²) >= 11 is 0. The number of hydrogen-bond donors (Lipinski definition) is 0. The van der Waals surface area contributed by atoms with Gasteiger partial charge in [-0.1, -0.05) is 53.7 Å². The molecule has 0 saturated heterocycles. The first-order valence-electron chi connectivity index (χ1n) is 7.31. The molecule has 0 fully saturated rings. The average Bonchev–Trinajstić information content (AvgIpc) is 3.04. The number of benzene rings is 3. The van der Waals surface area contributed by atoms with Crippen LogP contribution in [0.5, 0.6) is 5.75 Å². The zero-order chi connectivity index (χ0) is 15.6. The van der Waals surface area contributed by atoms with E-state index in [1.165, 1.54) is 0 Å². The lowest BCUT2D eigenvalue weighted by Crippen LogP contribution is -2.07. The molecule has 23 heavy (non-hydrogen) atoms. The fourth-order valence-corrected chi connectivity index (χ4v) is 2.68. The van der Waals surface area contributed by atoms with E-state index in [0.29, 0.717) is 17.9 Å². The quantitative estimate of drug-likeness (QED) is 0.534. The maximum absolute atomic E-state index is 12.0. The third-order valence-electron chi connectivity index (χ3n) is 3.79. The van der Waals surface area contributed by atoms with Crippen LogP contribution in [0, 0.1) is 0 Å². The van der Waals surface area contributed by atoms with E-state index >= 15 is 0 Å². The summed E-state index contributed by atoms with van der Waals surface area (Å²) in [5.41, 5.74) is 1.99. The first kappa shape index (κ1) is 13.5. The summed E-state index contributed by atoms with van der Waals surface area (Å²) in [5.74, 6) is 0.282. The maximum Gasteiger partial charge on any atom is 0.365 e. The van der Waals surface area contributed by atoms with Crippen LogP contribution >= 0.6 is 0 Å². The van der Waals surface area contributed by atoms with E-state index < -0.39 is 5.97 Å². The summed E-state index contributed by atoms with van der Waals surface area (Å²) < 4.78 is 5.64. The monoisotopic (exact) mass is 303 g/mol. The summed E-state index contributed by atoms with van der Waals surface area (Å²) in [6.07, 6.45) is 0. The topological polar surface area (TPSA) is 47.9 Å². The van der Waals surface area contributed by atoms with Crippen molar-refractivity contribution in [2.45, 2.75) is 0 Å². The lowest BCUT2D eigenvalue weighted by molar-refractivity contribution is 0.0515. The molecule has 0 aromatic heterocycles. The lowest BCUT2D eigenvalue weighted by Gasteiger charge is -2.03. The molecular formula is C19H13NO3. The van der Waals surface area contributed by atoms with Crippen LogP contribution in [-0.4, -0.2) is 18.3 Å². The molecule has 0 aliphatic carbocycles. The Labute approximate surface area is 132 Å². The van der Waals surface area contributed by atoms with Gasteiger partial charge in [-0.25, -0.2) is 4.79 Å². The highest BCUT2D eigenvalue weighted by Gasteiger charge is 2.23. The van der Waals surface area contributed by atoms with Gasteiger partial charge in [0.1, 0.15) is 18.1 Å². The van der Waals surface area contributed by atoms with Gasteiger partial charge in [0.25, 0.3) is 0 Å². The Bertz CT molecular complexity index is 916. The van der Waals surface area contributed by atoms with E-state index in [-0.39, 0.29) is 0 Å². The van der Waals surface area contributed by atoms with Crippen LogP contribution in [0.4, 0.5) is 0 Å². The Balaban J connectivity index is 1.68. The molecule has 1 aliphatic rings. The molecule has 4 nitrogen and oxygen atoms in total. The Kier molecular flexibility index (Phi) is 3.27. The van der Waals surface area contributed by atoms with Crippen molar-refractivity contribution in [2.75, 3.05) is 6.61 Å². The van der Waals surface area contributed by atoms with Gasteiger partial charge in [0.2, 0.25) is 0 Å². The van der Waals surface area contributed by atoms with Crippen molar-refractivity contribution < 1.29 is 14.4 Å². The van der Waals surface area contributed by atoms with Gasteiger partial charge >= 0.3 is 5.97 Å².